The van der Waals surface area contributed by atoms with E-state index in [2.05, 4.69) is 6.92 Å². The monoisotopic (exact) mass is 184 g/mol. The van der Waals surface area contributed by atoms with Gasteiger partial charge in [0.1, 0.15) is 5.78 Å². The highest BCUT2D eigenvalue weighted by molar-refractivity contribution is 5.80. The van der Waals surface area contributed by atoms with Gasteiger partial charge in [0.05, 0.1) is 5.60 Å². The van der Waals surface area contributed by atoms with Gasteiger partial charge in [-0.1, -0.05) is 19.8 Å². The third-order valence-corrected chi connectivity index (χ3v) is 3.36. The van der Waals surface area contributed by atoms with Crippen LogP contribution in [-0.4, -0.2) is 16.5 Å². The Balaban J connectivity index is 2.83. The summed E-state index contributed by atoms with van der Waals surface area (Å²) in [5.41, 5.74) is -0.759. The molecular weight excluding hydrogens is 164 g/mol. The second-order valence-electron chi connectivity index (χ2n) is 4.51. The van der Waals surface area contributed by atoms with Crippen molar-refractivity contribution in [2.75, 3.05) is 0 Å². The van der Waals surface area contributed by atoms with Crippen molar-refractivity contribution in [3.8, 4) is 0 Å². The molecule has 1 rings (SSSR count). The predicted octanol–water partition coefficient (Wildman–Crippen LogP) is 2.15. The summed E-state index contributed by atoms with van der Waals surface area (Å²) in [6, 6.07) is 0. The molecule has 0 aromatic heterocycles. The number of ketones is 1. The molecular formula is C11H20O2. The van der Waals surface area contributed by atoms with Crippen LogP contribution in [0.15, 0.2) is 0 Å². The van der Waals surface area contributed by atoms with Crippen molar-refractivity contribution in [3.05, 3.63) is 0 Å². The van der Waals surface area contributed by atoms with Gasteiger partial charge in [-0.25, -0.2) is 0 Å². The van der Waals surface area contributed by atoms with Gasteiger partial charge in [0.2, 0.25) is 0 Å². The average molecular weight is 184 g/mol. The normalized spacial score (nSPS) is 40.3. The molecule has 2 heteroatoms. The molecule has 76 valence electrons. The molecule has 1 saturated carbocycles. The van der Waals surface area contributed by atoms with Crippen LogP contribution in [0.3, 0.4) is 0 Å². The lowest BCUT2D eigenvalue weighted by Gasteiger charge is -2.41. The van der Waals surface area contributed by atoms with Crippen LogP contribution in [0.1, 0.15) is 46.5 Å². The molecule has 0 radical (unpaired) electrons. The number of carbonyl (C=O) groups excluding carboxylic acids is 1. The molecule has 0 unspecified atom stereocenters. The van der Waals surface area contributed by atoms with Gasteiger partial charge in [0, 0.05) is 5.92 Å². The number of hydrogen-bond acceptors (Lipinski definition) is 2. The molecule has 0 saturated heterocycles. The molecule has 0 heterocycles. The Kier molecular flexibility index (Phi) is 3.12. The van der Waals surface area contributed by atoms with Gasteiger partial charge in [-0.15, -0.1) is 0 Å². The molecule has 0 aromatic carbocycles. The Morgan fingerprint density at radius 1 is 1.62 bits per heavy atom. The summed E-state index contributed by atoms with van der Waals surface area (Å²) in [4.78, 5) is 11.4. The number of aliphatic hydroxyl groups is 1. The Hall–Kier alpha value is -0.370. The van der Waals surface area contributed by atoms with E-state index in [1.807, 2.05) is 0 Å². The van der Waals surface area contributed by atoms with E-state index in [0.717, 1.165) is 25.7 Å². The van der Waals surface area contributed by atoms with Gasteiger partial charge in [0.15, 0.2) is 0 Å². The minimum Gasteiger partial charge on any atom is -0.389 e. The maximum Gasteiger partial charge on any atom is 0.136 e. The van der Waals surface area contributed by atoms with Gasteiger partial charge >= 0.3 is 0 Å². The fourth-order valence-electron chi connectivity index (χ4n) is 2.76. The third kappa shape index (κ3) is 2.11. The van der Waals surface area contributed by atoms with E-state index < -0.39 is 5.60 Å². The highest BCUT2D eigenvalue weighted by atomic mass is 16.3. The van der Waals surface area contributed by atoms with E-state index in [0.29, 0.717) is 5.92 Å². The molecule has 1 aliphatic carbocycles. The molecule has 1 aliphatic rings. The summed E-state index contributed by atoms with van der Waals surface area (Å²) in [6.45, 7) is 5.51. The Labute approximate surface area is 80.3 Å². The molecule has 13 heavy (non-hydrogen) atoms. The maximum atomic E-state index is 11.4. The zero-order valence-electron chi connectivity index (χ0n) is 8.84. The Morgan fingerprint density at radius 3 is 2.62 bits per heavy atom. The van der Waals surface area contributed by atoms with Crippen molar-refractivity contribution >= 4 is 5.78 Å². The molecule has 1 fully saturated rings. The second kappa shape index (κ2) is 3.79. The highest BCUT2D eigenvalue weighted by Gasteiger charge is 2.42. The zero-order chi connectivity index (χ0) is 10.1. The molecule has 1 N–H and O–H groups in total. The van der Waals surface area contributed by atoms with Crippen molar-refractivity contribution in [2.24, 2.45) is 11.8 Å². The van der Waals surface area contributed by atoms with Gasteiger partial charge in [-0.3, -0.25) is 4.79 Å². The van der Waals surface area contributed by atoms with Crippen LogP contribution < -0.4 is 0 Å². The van der Waals surface area contributed by atoms with Crippen LogP contribution in [-0.2, 0) is 4.79 Å². The minimum atomic E-state index is -0.759. The number of carbonyl (C=O) groups is 1. The van der Waals surface area contributed by atoms with Gasteiger partial charge in [0.25, 0.3) is 0 Å². The van der Waals surface area contributed by atoms with Crippen LogP contribution >= 0.6 is 0 Å². The first-order valence-corrected chi connectivity index (χ1v) is 5.22. The fraction of sp³-hybridized carbons (Fsp3) is 0.909. The second-order valence-corrected chi connectivity index (χ2v) is 4.51. The van der Waals surface area contributed by atoms with Crippen LogP contribution in [0.2, 0.25) is 0 Å². The number of Topliss-reactive ketones (excluding diaryl/α,β-unsaturated/α-hetero) is 1. The summed E-state index contributed by atoms with van der Waals surface area (Å²) in [5.74, 6) is 0.407. The van der Waals surface area contributed by atoms with E-state index in [9.17, 15) is 9.90 Å². The summed E-state index contributed by atoms with van der Waals surface area (Å²) in [5, 5.41) is 10.1. The van der Waals surface area contributed by atoms with Crippen molar-refractivity contribution in [1.82, 2.24) is 0 Å². The topological polar surface area (TPSA) is 37.3 Å². The van der Waals surface area contributed by atoms with E-state index in [-0.39, 0.29) is 11.7 Å². The molecule has 0 spiro atoms. The van der Waals surface area contributed by atoms with Gasteiger partial charge < -0.3 is 5.11 Å². The smallest absolute Gasteiger partial charge is 0.136 e. The zero-order valence-corrected chi connectivity index (χ0v) is 8.84. The standard InChI is InChI=1S/C11H20O2/c1-4-9-6-5-7-11(3,13)10(9)8(2)12/h9-10,13H,4-7H2,1-3H3/t9-,10+,11-/m0/s1. The fourth-order valence-corrected chi connectivity index (χ4v) is 2.76. The molecule has 2 nitrogen and oxygen atoms in total. The first-order chi connectivity index (χ1) is 5.99. The van der Waals surface area contributed by atoms with Crippen molar-refractivity contribution in [3.63, 3.8) is 0 Å². The van der Waals surface area contributed by atoms with Crippen molar-refractivity contribution in [1.29, 1.82) is 0 Å². The summed E-state index contributed by atoms with van der Waals surface area (Å²) >= 11 is 0. The minimum absolute atomic E-state index is 0.133. The average Bonchev–Trinajstić information content (AvgIpc) is 2.01. The Bertz CT molecular complexity index is 196. The van der Waals surface area contributed by atoms with E-state index in [1.54, 1.807) is 13.8 Å². The summed E-state index contributed by atoms with van der Waals surface area (Å²) in [7, 11) is 0. The lowest BCUT2D eigenvalue weighted by atomic mass is 9.67. The molecule has 0 bridgehead atoms. The SMILES string of the molecule is CC[C@H]1CCC[C@](C)(O)[C@@H]1C(C)=O. The van der Waals surface area contributed by atoms with Crippen LogP contribution in [0, 0.1) is 11.8 Å². The quantitative estimate of drug-likeness (QED) is 0.714. The summed E-state index contributed by atoms with van der Waals surface area (Å²) in [6.07, 6.45) is 3.92. The number of hydrogen-bond donors (Lipinski definition) is 1. The van der Waals surface area contributed by atoms with Crippen molar-refractivity contribution in [2.45, 2.75) is 52.1 Å². The lowest BCUT2D eigenvalue weighted by Crippen LogP contribution is -2.46. The lowest BCUT2D eigenvalue weighted by molar-refractivity contribution is -0.137. The molecule has 0 aromatic rings. The van der Waals surface area contributed by atoms with Crippen LogP contribution in [0.4, 0.5) is 0 Å². The molecule has 0 amide bonds. The van der Waals surface area contributed by atoms with Gasteiger partial charge in [-0.05, 0) is 32.6 Å². The molecule has 0 aliphatic heterocycles. The largest absolute Gasteiger partial charge is 0.389 e. The number of rotatable bonds is 2. The molecule has 3 atom stereocenters. The summed E-state index contributed by atoms with van der Waals surface area (Å²) < 4.78 is 0. The van der Waals surface area contributed by atoms with E-state index in [4.69, 9.17) is 0 Å². The highest BCUT2D eigenvalue weighted by Crippen LogP contribution is 2.39. The Morgan fingerprint density at radius 2 is 2.23 bits per heavy atom. The van der Waals surface area contributed by atoms with Crippen LogP contribution in [0.5, 0.6) is 0 Å². The van der Waals surface area contributed by atoms with Crippen molar-refractivity contribution < 1.29 is 9.90 Å². The van der Waals surface area contributed by atoms with Crippen LogP contribution in [0.25, 0.3) is 0 Å². The van der Waals surface area contributed by atoms with E-state index in [1.165, 1.54) is 0 Å². The first-order valence-electron chi connectivity index (χ1n) is 5.22. The van der Waals surface area contributed by atoms with Gasteiger partial charge in [-0.2, -0.15) is 0 Å². The maximum absolute atomic E-state index is 11.4. The van der Waals surface area contributed by atoms with E-state index >= 15 is 0 Å². The predicted molar refractivity (Wildman–Crippen MR) is 52.4 cm³/mol. The third-order valence-electron chi connectivity index (χ3n) is 3.36. The first kappa shape index (κ1) is 10.7.